The summed E-state index contributed by atoms with van der Waals surface area (Å²) in [5.41, 5.74) is 2.64. The van der Waals surface area contributed by atoms with Crippen molar-refractivity contribution >= 4 is 40.4 Å². The van der Waals surface area contributed by atoms with Crippen molar-refractivity contribution in [2.75, 3.05) is 13.2 Å². The summed E-state index contributed by atoms with van der Waals surface area (Å²) in [4.78, 5) is 16.2. The third-order valence-electron chi connectivity index (χ3n) is 5.91. The van der Waals surface area contributed by atoms with Gasteiger partial charge in [0.2, 0.25) is 5.88 Å². The Morgan fingerprint density at radius 1 is 1.05 bits per heavy atom. The van der Waals surface area contributed by atoms with Crippen molar-refractivity contribution in [1.82, 2.24) is 9.78 Å². The van der Waals surface area contributed by atoms with Crippen molar-refractivity contribution in [1.29, 1.82) is 0 Å². The van der Waals surface area contributed by atoms with Crippen LogP contribution in [-0.4, -0.2) is 29.1 Å². The third kappa shape index (κ3) is 6.93. The molecule has 9 heteroatoms. The summed E-state index contributed by atoms with van der Waals surface area (Å²) >= 11 is 12.3. The van der Waals surface area contributed by atoms with E-state index in [4.69, 9.17) is 37.1 Å². The van der Waals surface area contributed by atoms with Crippen molar-refractivity contribution in [2.24, 2.45) is 12.0 Å². The van der Waals surface area contributed by atoms with Gasteiger partial charge in [-0.25, -0.2) is 9.48 Å². The average molecular weight is 542 g/mol. The normalized spacial score (nSPS) is 11.5. The van der Waals surface area contributed by atoms with Gasteiger partial charge in [-0.15, -0.1) is 0 Å². The summed E-state index contributed by atoms with van der Waals surface area (Å²) in [5.74, 6) is 1.85. The van der Waals surface area contributed by atoms with E-state index in [2.05, 4.69) is 10.1 Å². The Bertz CT molecular complexity index is 1460. The molecule has 4 rings (SSSR count). The summed E-state index contributed by atoms with van der Waals surface area (Å²) in [6.07, 6.45) is 5.71. The van der Waals surface area contributed by atoms with Crippen LogP contribution in [-0.2, 0) is 7.05 Å². The molecule has 4 aromatic rings. The van der Waals surface area contributed by atoms with Crippen LogP contribution in [0.5, 0.6) is 17.4 Å². The van der Waals surface area contributed by atoms with Crippen LogP contribution in [0.3, 0.4) is 0 Å². The van der Waals surface area contributed by atoms with Crippen LogP contribution in [0.2, 0.25) is 10.0 Å². The van der Waals surface area contributed by atoms with Gasteiger partial charge in [0.25, 0.3) is 0 Å². The van der Waals surface area contributed by atoms with Gasteiger partial charge in [0.05, 0.1) is 22.9 Å². The summed E-state index contributed by atoms with van der Waals surface area (Å²) in [6, 6.07) is 12.1. The van der Waals surface area contributed by atoms with Gasteiger partial charge in [0.15, 0.2) is 0 Å². The van der Waals surface area contributed by atoms with E-state index in [0.717, 1.165) is 47.9 Å². The first-order chi connectivity index (χ1) is 17.8. The molecule has 0 aliphatic heterocycles. The zero-order valence-corrected chi connectivity index (χ0v) is 22.6. The average Bonchev–Trinajstić information content (AvgIpc) is 3.12. The molecule has 0 unspecified atom stereocenters. The van der Waals surface area contributed by atoms with Gasteiger partial charge in [0, 0.05) is 42.3 Å². The van der Waals surface area contributed by atoms with E-state index in [9.17, 15) is 4.79 Å². The number of rotatable bonds is 11. The summed E-state index contributed by atoms with van der Waals surface area (Å²) in [7, 11) is 1.85. The molecule has 0 radical (unpaired) electrons. The summed E-state index contributed by atoms with van der Waals surface area (Å²) in [5, 5.41) is 6.43. The van der Waals surface area contributed by atoms with Gasteiger partial charge in [0.1, 0.15) is 17.1 Å². The Morgan fingerprint density at radius 3 is 2.59 bits per heavy atom. The van der Waals surface area contributed by atoms with Crippen LogP contribution in [0.25, 0.3) is 11.0 Å². The van der Waals surface area contributed by atoms with E-state index < -0.39 is 0 Å². The molecule has 0 aliphatic rings. The van der Waals surface area contributed by atoms with Crippen LogP contribution in [0.4, 0.5) is 0 Å². The molecule has 194 valence electrons. The minimum Gasteiger partial charge on any atom is -0.492 e. The van der Waals surface area contributed by atoms with E-state index in [1.165, 1.54) is 6.07 Å². The maximum Gasteiger partial charge on any atom is 0.336 e. The van der Waals surface area contributed by atoms with Crippen LogP contribution in [0.15, 0.2) is 56.7 Å². The highest BCUT2D eigenvalue weighted by molar-refractivity contribution is 6.32. The number of aromatic nitrogens is 2. The molecule has 0 saturated carbocycles. The van der Waals surface area contributed by atoms with Gasteiger partial charge in [-0.2, -0.15) is 5.10 Å². The predicted molar refractivity (Wildman–Crippen MR) is 148 cm³/mol. The van der Waals surface area contributed by atoms with Crippen molar-refractivity contribution in [2.45, 2.75) is 39.5 Å². The van der Waals surface area contributed by atoms with Gasteiger partial charge < -0.3 is 13.9 Å². The molecular weight excluding hydrogens is 513 g/mol. The molecule has 37 heavy (non-hydrogen) atoms. The number of nitrogens with zero attached hydrogens (tertiary/aromatic N) is 3. The Labute approximate surface area is 225 Å². The number of fused-ring (bicyclic) bond motifs is 1. The van der Waals surface area contributed by atoms with Crippen molar-refractivity contribution in [3.8, 4) is 17.4 Å². The lowest BCUT2D eigenvalue weighted by molar-refractivity contribution is 0.305. The van der Waals surface area contributed by atoms with E-state index in [0.29, 0.717) is 46.2 Å². The van der Waals surface area contributed by atoms with Crippen molar-refractivity contribution in [3.05, 3.63) is 79.8 Å². The summed E-state index contributed by atoms with van der Waals surface area (Å²) in [6.45, 7) is 5.04. The number of aryl methyl sites for hydroxylation is 3. The number of hydrogen-bond donors (Lipinski definition) is 0. The van der Waals surface area contributed by atoms with Crippen LogP contribution >= 0.6 is 23.2 Å². The molecule has 2 heterocycles. The number of benzene rings is 2. The maximum atomic E-state index is 11.6. The number of hydrogen-bond acceptors (Lipinski definition) is 6. The number of ether oxygens (including phenoxy) is 2. The minimum atomic E-state index is -0.384. The lowest BCUT2D eigenvalue weighted by Gasteiger charge is -2.09. The summed E-state index contributed by atoms with van der Waals surface area (Å²) < 4.78 is 18.9. The molecule has 0 amide bonds. The second-order valence-corrected chi connectivity index (χ2v) is 9.65. The van der Waals surface area contributed by atoms with Gasteiger partial charge >= 0.3 is 5.63 Å². The molecule has 0 N–H and O–H groups in total. The highest BCUT2D eigenvalue weighted by Crippen LogP contribution is 2.31. The Hall–Kier alpha value is -3.29. The second kappa shape index (κ2) is 12.3. The van der Waals surface area contributed by atoms with E-state index in [1.54, 1.807) is 28.9 Å². The number of halogens is 2. The Kier molecular flexibility index (Phi) is 8.90. The largest absolute Gasteiger partial charge is 0.492 e. The lowest BCUT2D eigenvalue weighted by atomic mass is 10.1. The van der Waals surface area contributed by atoms with E-state index in [1.807, 2.05) is 39.2 Å². The molecule has 0 saturated heterocycles. The first-order valence-electron chi connectivity index (χ1n) is 12.2. The first-order valence-corrected chi connectivity index (χ1v) is 12.9. The van der Waals surface area contributed by atoms with Gasteiger partial charge in [-0.05, 0) is 69.0 Å². The SMILES string of the molecule is Cc1nn(C)c(Oc2ccc(Cl)cc2)c1C=NCCCCCCOc1cc2oc(=O)cc(C)c2cc1Cl. The lowest BCUT2D eigenvalue weighted by Crippen LogP contribution is -2.01. The molecule has 2 aromatic carbocycles. The van der Waals surface area contributed by atoms with Crippen LogP contribution in [0.1, 0.15) is 42.5 Å². The number of aliphatic imine (C=N–C) groups is 1. The molecule has 0 atom stereocenters. The van der Waals surface area contributed by atoms with Gasteiger partial charge in [-0.1, -0.05) is 29.6 Å². The molecule has 0 spiro atoms. The quantitative estimate of drug-likeness (QED) is 0.113. The molecule has 0 bridgehead atoms. The van der Waals surface area contributed by atoms with Crippen LogP contribution < -0.4 is 15.1 Å². The van der Waals surface area contributed by atoms with Crippen molar-refractivity contribution in [3.63, 3.8) is 0 Å². The fourth-order valence-corrected chi connectivity index (χ4v) is 4.31. The standard InChI is InChI=1S/C28H29Cl2N3O4/c1-18-14-27(34)37-25-16-26(24(30)15-22(18)25)35-13-7-5-4-6-12-31-17-23-19(2)32-33(3)28(23)36-21-10-8-20(29)9-11-21/h8-11,14-17H,4-7,12-13H2,1-3H3. The zero-order chi connectivity index (χ0) is 26.4. The topological polar surface area (TPSA) is 78.8 Å². The molecule has 0 fully saturated rings. The predicted octanol–water partition coefficient (Wildman–Crippen LogP) is 7.30. The second-order valence-electron chi connectivity index (χ2n) is 8.81. The fraction of sp³-hybridized carbons (Fsp3) is 0.321. The highest BCUT2D eigenvalue weighted by Gasteiger charge is 2.14. The number of unbranched alkanes of at least 4 members (excludes halogenated alkanes) is 3. The highest BCUT2D eigenvalue weighted by atomic mass is 35.5. The van der Waals surface area contributed by atoms with E-state index >= 15 is 0 Å². The molecule has 7 nitrogen and oxygen atoms in total. The smallest absolute Gasteiger partial charge is 0.336 e. The van der Waals surface area contributed by atoms with Crippen LogP contribution in [0, 0.1) is 13.8 Å². The molecule has 2 aromatic heterocycles. The fourth-order valence-electron chi connectivity index (χ4n) is 3.96. The Balaban J connectivity index is 1.21. The molecular formula is C28H29Cl2N3O4. The Morgan fingerprint density at radius 2 is 1.81 bits per heavy atom. The third-order valence-corrected chi connectivity index (χ3v) is 6.45. The zero-order valence-electron chi connectivity index (χ0n) is 21.1. The minimum absolute atomic E-state index is 0.384. The van der Waals surface area contributed by atoms with E-state index in [-0.39, 0.29) is 5.63 Å². The van der Waals surface area contributed by atoms with Gasteiger partial charge in [-0.3, -0.25) is 4.99 Å². The molecule has 0 aliphatic carbocycles. The first kappa shape index (κ1) is 26.8. The monoisotopic (exact) mass is 541 g/mol. The van der Waals surface area contributed by atoms with Crippen molar-refractivity contribution < 1.29 is 13.9 Å². The maximum absolute atomic E-state index is 11.6.